The van der Waals surface area contributed by atoms with Crippen molar-refractivity contribution in [3.05, 3.63) is 24.3 Å². The van der Waals surface area contributed by atoms with E-state index >= 15 is 0 Å². The first-order valence-corrected chi connectivity index (χ1v) is 5.35. The van der Waals surface area contributed by atoms with Gasteiger partial charge in [0.2, 0.25) is 0 Å². The molecule has 0 aliphatic heterocycles. The van der Waals surface area contributed by atoms with E-state index in [4.69, 9.17) is 5.11 Å². The highest BCUT2D eigenvalue weighted by molar-refractivity contribution is 5.92. The Kier molecular flexibility index (Phi) is 4.56. The highest BCUT2D eigenvalue weighted by Crippen LogP contribution is 2.08. The molecule has 0 aromatic carbocycles. The highest BCUT2D eigenvalue weighted by Gasteiger charge is 2.22. The van der Waals surface area contributed by atoms with Crippen LogP contribution in [0.25, 0.3) is 0 Å². The maximum Gasteiger partial charge on any atom is 0.305 e. The van der Waals surface area contributed by atoms with Gasteiger partial charge in [-0.25, -0.2) is 4.98 Å². The molecule has 0 spiro atoms. The molecule has 1 heterocycles. The number of hydrogen-bond donors (Lipinski definition) is 1. The Bertz CT molecular complexity index is 394. The Labute approximate surface area is 99.3 Å². The fraction of sp³-hybridized carbons (Fsp3) is 0.455. The first kappa shape index (κ1) is 13.1. The maximum atomic E-state index is 12.0. The molecule has 0 fully saturated rings. The molecule has 1 N–H and O–H groups in total. The molecule has 1 aromatic rings. The second kappa shape index (κ2) is 5.93. The van der Waals surface area contributed by atoms with Crippen LogP contribution in [0.2, 0.25) is 0 Å². The Morgan fingerprint density at radius 3 is 2.65 bits per heavy atom. The second-order valence-corrected chi connectivity index (χ2v) is 3.63. The topological polar surface area (TPSA) is 83.4 Å². The third kappa shape index (κ3) is 3.51. The van der Waals surface area contributed by atoms with Crippen molar-refractivity contribution in [1.29, 1.82) is 0 Å². The molecular formula is C11H15N3O3. The average molecular weight is 237 g/mol. The van der Waals surface area contributed by atoms with Gasteiger partial charge in [-0.05, 0) is 13.8 Å². The summed E-state index contributed by atoms with van der Waals surface area (Å²) in [5.74, 6) is -1.22. The predicted molar refractivity (Wildman–Crippen MR) is 60.5 cm³/mol. The van der Waals surface area contributed by atoms with Gasteiger partial charge in [0.05, 0.1) is 12.6 Å². The lowest BCUT2D eigenvalue weighted by molar-refractivity contribution is -0.138. The molecule has 0 saturated heterocycles. The summed E-state index contributed by atoms with van der Waals surface area (Å²) in [6.45, 7) is 3.93. The zero-order valence-electron chi connectivity index (χ0n) is 9.83. The second-order valence-electron chi connectivity index (χ2n) is 3.63. The number of carbonyl (C=O) groups excluding carboxylic acids is 1. The Hall–Kier alpha value is -1.98. The van der Waals surface area contributed by atoms with E-state index < -0.39 is 5.97 Å². The zero-order chi connectivity index (χ0) is 12.8. The fourth-order valence-electron chi connectivity index (χ4n) is 1.58. The molecule has 17 heavy (non-hydrogen) atoms. The number of carboxylic acids is 1. The normalized spacial score (nSPS) is 11.9. The van der Waals surface area contributed by atoms with Crippen LogP contribution < -0.4 is 0 Å². The van der Waals surface area contributed by atoms with Crippen LogP contribution in [0.5, 0.6) is 0 Å². The fourth-order valence-corrected chi connectivity index (χ4v) is 1.58. The van der Waals surface area contributed by atoms with Crippen molar-refractivity contribution in [3.63, 3.8) is 0 Å². The summed E-state index contributed by atoms with van der Waals surface area (Å²) in [6, 6.07) is -0.369. The lowest BCUT2D eigenvalue weighted by atomic mass is 10.2. The van der Waals surface area contributed by atoms with Crippen molar-refractivity contribution in [2.45, 2.75) is 26.3 Å². The number of carboxylic acid groups (broad SMARTS) is 1. The summed E-state index contributed by atoms with van der Waals surface area (Å²) in [7, 11) is 0. The molecule has 6 heteroatoms. The van der Waals surface area contributed by atoms with E-state index in [0.29, 0.717) is 6.54 Å². The molecule has 0 radical (unpaired) electrons. The number of aliphatic carboxylic acids is 1. The van der Waals surface area contributed by atoms with Crippen molar-refractivity contribution in [3.8, 4) is 0 Å². The van der Waals surface area contributed by atoms with Crippen LogP contribution >= 0.6 is 0 Å². The molecule has 0 aliphatic carbocycles. The molecule has 6 nitrogen and oxygen atoms in total. The minimum atomic E-state index is -0.928. The van der Waals surface area contributed by atoms with Gasteiger partial charge in [0.25, 0.3) is 5.91 Å². The molecule has 1 amide bonds. The monoisotopic (exact) mass is 237 g/mol. The van der Waals surface area contributed by atoms with Crippen molar-refractivity contribution < 1.29 is 14.7 Å². The van der Waals surface area contributed by atoms with Crippen molar-refractivity contribution in [1.82, 2.24) is 14.9 Å². The maximum absolute atomic E-state index is 12.0. The average Bonchev–Trinajstić information content (AvgIpc) is 2.30. The predicted octanol–water partition coefficient (Wildman–Crippen LogP) is 0.802. The van der Waals surface area contributed by atoms with Crippen LogP contribution in [-0.4, -0.2) is 44.4 Å². The van der Waals surface area contributed by atoms with Crippen molar-refractivity contribution in [2.24, 2.45) is 0 Å². The van der Waals surface area contributed by atoms with Crippen molar-refractivity contribution in [2.75, 3.05) is 6.54 Å². The molecule has 1 rings (SSSR count). The minimum Gasteiger partial charge on any atom is -0.481 e. The van der Waals surface area contributed by atoms with Crippen molar-refractivity contribution >= 4 is 11.9 Å². The number of nitrogens with zero attached hydrogens (tertiary/aromatic N) is 3. The van der Waals surface area contributed by atoms with Crippen LogP contribution in [0.4, 0.5) is 0 Å². The molecular weight excluding hydrogens is 222 g/mol. The van der Waals surface area contributed by atoms with Crippen LogP contribution in [0.1, 0.15) is 30.8 Å². The number of aromatic nitrogens is 2. The summed E-state index contributed by atoms with van der Waals surface area (Å²) in [5.41, 5.74) is 0.228. The molecule has 0 saturated carbocycles. The van der Waals surface area contributed by atoms with Crippen LogP contribution in [0.3, 0.4) is 0 Å². The van der Waals surface area contributed by atoms with E-state index in [0.717, 1.165) is 0 Å². The van der Waals surface area contributed by atoms with E-state index in [-0.39, 0.29) is 24.1 Å². The van der Waals surface area contributed by atoms with Crippen LogP contribution in [-0.2, 0) is 4.79 Å². The summed E-state index contributed by atoms with van der Waals surface area (Å²) in [5, 5.41) is 8.71. The van der Waals surface area contributed by atoms with E-state index in [1.165, 1.54) is 23.5 Å². The number of carbonyl (C=O) groups is 2. The molecule has 1 aromatic heterocycles. The van der Waals surface area contributed by atoms with Crippen LogP contribution in [0, 0.1) is 0 Å². The minimum absolute atomic E-state index is 0.0835. The molecule has 0 aliphatic rings. The summed E-state index contributed by atoms with van der Waals surface area (Å²) in [6.07, 6.45) is 4.20. The van der Waals surface area contributed by atoms with Gasteiger partial charge in [-0.3, -0.25) is 14.6 Å². The lowest BCUT2D eigenvalue weighted by Crippen LogP contribution is -2.40. The van der Waals surface area contributed by atoms with E-state index in [9.17, 15) is 9.59 Å². The smallest absolute Gasteiger partial charge is 0.305 e. The van der Waals surface area contributed by atoms with Gasteiger partial charge in [-0.15, -0.1) is 0 Å². The number of amides is 1. The Morgan fingerprint density at radius 1 is 1.47 bits per heavy atom. The highest BCUT2D eigenvalue weighted by atomic mass is 16.4. The van der Waals surface area contributed by atoms with Gasteiger partial charge in [-0.2, -0.15) is 0 Å². The molecule has 1 atom stereocenters. The lowest BCUT2D eigenvalue weighted by Gasteiger charge is -2.26. The molecule has 1 unspecified atom stereocenters. The first-order valence-electron chi connectivity index (χ1n) is 5.35. The van der Waals surface area contributed by atoms with E-state index in [2.05, 4.69) is 9.97 Å². The Morgan fingerprint density at radius 2 is 2.18 bits per heavy atom. The third-order valence-corrected chi connectivity index (χ3v) is 2.39. The zero-order valence-corrected chi connectivity index (χ0v) is 9.83. The van der Waals surface area contributed by atoms with Gasteiger partial charge >= 0.3 is 5.97 Å². The summed E-state index contributed by atoms with van der Waals surface area (Å²) >= 11 is 0. The Balaban J connectivity index is 2.81. The SMILES string of the molecule is CCN(C(=O)c1cnccn1)C(C)CC(=O)O. The van der Waals surface area contributed by atoms with Crippen LogP contribution in [0.15, 0.2) is 18.6 Å². The van der Waals surface area contributed by atoms with E-state index in [1.54, 1.807) is 13.8 Å². The van der Waals surface area contributed by atoms with Gasteiger partial charge in [-0.1, -0.05) is 0 Å². The van der Waals surface area contributed by atoms with Gasteiger partial charge < -0.3 is 10.0 Å². The van der Waals surface area contributed by atoms with Gasteiger partial charge in [0.1, 0.15) is 5.69 Å². The summed E-state index contributed by atoms with van der Waals surface area (Å²) in [4.78, 5) is 31.8. The summed E-state index contributed by atoms with van der Waals surface area (Å²) < 4.78 is 0. The number of hydrogen-bond acceptors (Lipinski definition) is 4. The van der Waals surface area contributed by atoms with Gasteiger partial charge in [0.15, 0.2) is 0 Å². The number of rotatable bonds is 5. The van der Waals surface area contributed by atoms with Gasteiger partial charge in [0, 0.05) is 25.0 Å². The van der Waals surface area contributed by atoms with E-state index in [1.807, 2.05) is 0 Å². The standard InChI is InChI=1S/C11H15N3O3/c1-3-14(8(2)6-10(15)16)11(17)9-7-12-4-5-13-9/h4-5,7-8H,3,6H2,1-2H3,(H,15,16). The quantitative estimate of drug-likeness (QED) is 0.819. The molecule has 92 valence electrons. The largest absolute Gasteiger partial charge is 0.481 e. The third-order valence-electron chi connectivity index (χ3n) is 2.39. The first-order chi connectivity index (χ1) is 8.06. The molecule has 0 bridgehead atoms.